The van der Waals surface area contributed by atoms with Gasteiger partial charge in [-0.1, -0.05) is 20.4 Å². The molecule has 0 heterocycles. The summed E-state index contributed by atoms with van der Waals surface area (Å²) in [4.78, 5) is 12.6. The van der Waals surface area contributed by atoms with Gasteiger partial charge in [-0.05, 0) is 25.9 Å². The fourth-order valence-corrected chi connectivity index (χ4v) is 1.24. The van der Waals surface area contributed by atoms with Gasteiger partial charge >= 0.3 is 5.97 Å². The Morgan fingerprint density at radius 2 is 1.77 bits per heavy atom. The molecule has 0 bridgehead atoms. The number of aliphatic carboxylic acids is 1. The van der Waals surface area contributed by atoms with Crippen LogP contribution < -0.4 is 0 Å². The second kappa shape index (κ2) is 6.66. The minimum Gasteiger partial charge on any atom is -0.478 e. The van der Waals surface area contributed by atoms with Crippen molar-refractivity contribution in [2.75, 3.05) is 19.6 Å². The van der Waals surface area contributed by atoms with Crippen molar-refractivity contribution >= 4 is 5.97 Å². The Bertz CT molecular complexity index is 172. The van der Waals surface area contributed by atoms with E-state index in [0.29, 0.717) is 6.54 Å². The van der Waals surface area contributed by atoms with Crippen molar-refractivity contribution in [2.24, 2.45) is 0 Å². The van der Waals surface area contributed by atoms with E-state index in [1.807, 2.05) is 0 Å². The molecule has 3 heteroatoms. The fraction of sp³-hybridized carbons (Fsp3) is 0.700. The summed E-state index contributed by atoms with van der Waals surface area (Å²) in [5.41, 5.74) is 0.280. The van der Waals surface area contributed by atoms with Crippen LogP contribution in [0.5, 0.6) is 0 Å². The van der Waals surface area contributed by atoms with E-state index in [1.54, 1.807) is 0 Å². The lowest BCUT2D eigenvalue weighted by molar-refractivity contribution is -0.132. The van der Waals surface area contributed by atoms with Gasteiger partial charge in [-0.2, -0.15) is 0 Å². The summed E-state index contributed by atoms with van der Waals surface area (Å²) >= 11 is 0. The molecule has 0 aromatic heterocycles. The molecule has 0 amide bonds. The Morgan fingerprint density at radius 1 is 1.31 bits per heavy atom. The molecular weight excluding hydrogens is 166 g/mol. The first kappa shape index (κ1) is 12.2. The number of rotatable bonds is 7. The van der Waals surface area contributed by atoms with Crippen molar-refractivity contribution in [1.82, 2.24) is 4.90 Å². The van der Waals surface area contributed by atoms with E-state index in [-0.39, 0.29) is 5.57 Å². The third-order valence-electron chi connectivity index (χ3n) is 1.80. The van der Waals surface area contributed by atoms with Crippen molar-refractivity contribution in [3.63, 3.8) is 0 Å². The highest BCUT2D eigenvalue weighted by Gasteiger charge is 2.09. The first-order chi connectivity index (χ1) is 6.11. The maximum atomic E-state index is 10.5. The summed E-state index contributed by atoms with van der Waals surface area (Å²) in [7, 11) is 0. The highest BCUT2D eigenvalue weighted by atomic mass is 16.4. The van der Waals surface area contributed by atoms with Crippen LogP contribution in [-0.4, -0.2) is 35.6 Å². The van der Waals surface area contributed by atoms with Crippen LogP contribution in [0.4, 0.5) is 0 Å². The molecule has 0 unspecified atom stereocenters. The van der Waals surface area contributed by atoms with Gasteiger partial charge in [-0.3, -0.25) is 4.90 Å². The zero-order chi connectivity index (χ0) is 10.3. The molecule has 0 saturated heterocycles. The summed E-state index contributed by atoms with van der Waals surface area (Å²) in [6.07, 6.45) is 2.10. The van der Waals surface area contributed by atoms with Crippen molar-refractivity contribution in [3.05, 3.63) is 12.2 Å². The van der Waals surface area contributed by atoms with Gasteiger partial charge in [0.05, 0.1) is 0 Å². The molecule has 0 saturated carbocycles. The molecule has 0 atom stereocenters. The highest BCUT2D eigenvalue weighted by Crippen LogP contribution is 1.99. The SMILES string of the molecule is C=C(CN(CCC)CCC)C(=O)O. The smallest absolute Gasteiger partial charge is 0.332 e. The zero-order valence-electron chi connectivity index (χ0n) is 8.55. The molecular formula is C10H19NO2. The number of carboxylic acid groups (broad SMARTS) is 1. The second-order valence-electron chi connectivity index (χ2n) is 3.18. The van der Waals surface area contributed by atoms with Gasteiger partial charge in [0, 0.05) is 12.1 Å². The van der Waals surface area contributed by atoms with Crippen LogP contribution in [-0.2, 0) is 4.79 Å². The molecule has 0 spiro atoms. The van der Waals surface area contributed by atoms with E-state index in [1.165, 1.54) is 0 Å². The maximum absolute atomic E-state index is 10.5. The van der Waals surface area contributed by atoms with Crippen LogP contribution in [0.3, 0.4) is 0 Å². The van der Waals surface area contributed by atoms with Crippen molar-refractivity contribution < 1.29 is 9.90 Å². The predicted molar refractivity (Wildman–Crippen MR) is 53.8 cm³/mol. The molecule has 0 aliphatic heterocycles. The summed E-state index contributed by atoms with van der Waals surface area (Å²) < 4.78 is 0. The highest BCUT2D eigenvalue weighted by molar-refractivity contribution is 5.86. The molecule has 0 aliphatic rings. The van der Waals surface area contributed by atoms with Gasteiger partial charge in [0.1, 0.15) is 0 Å². The third-order valence-corrected chi connectivity index (χ3v) is 1.80. The Morgan fingerprint density at radius 3 is 2.08 bits per heavy atom. The van der Waals surface area contributed by atoms with Gasteiger partial charge in [0.15, 0.2) is 0 Å². The molecule has 13 heavy (non-hydrogen) atoms. The molecule has 1 N–H and O–H groups in total. The third kappa shape index (κ3) is 5.42. The van der Waals surface area contributed by atoms with Gasteiger partial charge in [-0.15, -0.1) is 0 Å². The van der Waals surface area contributed by atoms with Crippen LogP contribution in [0.1, 0.15) is 26.7 Å². The average molecular weight is 185 g/mol. The summed E-state index contributed by atoms with van der Waals surface area (Å²) in [6, 6.07) is 0. The molecule has 0 radical (unpaired) electrons. The largest absolute Gasteiger partial charge is 0.478 e. The van der Waals surface area contributed by atoms with E-state index in [4.69, 9.17) is 5.11 Å². The summed E-state index contributed by atoms with van der Waals surface area (Å²) in [6.45, 7) is 10.1. The Kier molecular flexibility index (Phi) is 6.24. The Hall–Kier alpha value is -0.830. The molecule has 0 rings (SSSR count). The fourth-order valence-electron chi connectivity index (χ4n) is 1.24. The number of nitrogens with zero attached hydrogens (tertiary/aromatic N) is 1. The van der Waals surface area contributed by atoms with Gasteiger partial charge in [0.25, 0.3) is 0 Å². The predicted octanol–water partition coefficient (Wildman–Crippen LogP) is 1.75. The van der Waals surface area contributed by atoms with Crippen molar-refractivity contribution in [1.29, 1.82) is 0 Å². The van der Waals surface area contributed by atoms with Crippen LogP contribution in [0, 0.1) is 0 Å². The molecule has 0 aromatic rings. The van der Waals surface area contributed by atoms with Crippen LogP contribution in [0.25, 0.3) is 0 Å². The van der Waals surface area contributed by atoms with Gasteiger partial charge in [-0.25, -0.2) is 4.79 Å². The molecule has 0 aliphatic carbocycles. The quantitative estimate of drug-likeness (QED) is 0.614. The van der Waals surface area contributed by atoms with E-state index in [0.717, 1.165) is 25.9 Å². The monoisotopic (exact) mass is 185 g/mol. The van der Waals surface area contributed by atoms with E-state index in [2.05, 4.69) is 25.3 Å². The van der Waals surface area contributed by atoms with Gasteiger partial charge in [0.2, 0.25) is 0 Å². The van der Waals surface area contributed by atoms with E-state index >= 15 is 0 Å². The summed E-state index contributed by atoms with van der Waals surface area (Å²) in [5.74, 6) is -0.891. The molecule has 0 aromatic carbocycles. The van der Waals surface area contributed by atoms with E-state index in [9.17, 15) is 4.79 Å². The lowest BCUT2D eigenvalue weighted by atomic mass is 10.2. The van der Waals surface area contributed by atoms with Gasteiger partial charge < -0.3 is 5.11 Å². The topological polar surface area (TPSA) is 40.5 Å². The Balaban J connectivity index is 3.93. The molecule has 76 valence electrons. The number of carbonyl (C=O) groups is 1. The van der Waals surface area contributed by atoms with Crippen LogP contribution in [0.2, 0.25) is 0 Å². The van der Waals surface area contributed by atoms with Crippen molar-refractivity contribution in [3.8, 4) is 0 Å². The normalized spacial score (nSPS) is 10.4. The average Bonchev–Trinajstić information content (AvgIpc) is 2.05. The number of carboxylic acids is 1. The second-order valence-corrected chi connectivity index (χ2v) is 3.18. The summed E-state index contributed by atoms with van der Waals surface area (Å²) in [5, 5.41) is 8.64. The Labute approximate surface area is 80.0 Å². The molecule has 0 fully saturated rings. The molecule has 3 nitrogen and oxygen atoms in total. The minimum absolute atomic E-state index is 0.280. The lowest BCUT2D eigenvalue weighted by Gasteiger charge is -2.20. The number of hydrogen-bond acceptors (Lipinski definition) is 2. The van der Waals surface area contributed by atoms with E-state index < -0.39 is 5.97 Å². The number of hydrogen-bond donors (Lipinski definition) is 1. The first-order valence-corrected chi connectivity index (χ1v) is 4.75. The van der Waals surface area contributed by atoms with Crippen molar-refractivity contribution in [2.45, 2.75) is 26.7 Å². The first-order valence-electron chi connectivity index (χ1n) is 4.75. The van der Waals surface area contributed by atoms with Crippen LogP contribution in [0.15, 0.2) is 12.2 Å². The lowest BCUT2D eigenvalue weighted by Crippen LogP contribution is -2.29. The standard InChI is InChI=1S/C10H19NO2/c1-4-6-11(7-5-2)8-9(3)10(12)13/h3-8H2,1-2H3,(H,12,13). The maximum Gasteiger partial charge on any atom is 0.332 e. The van der Waals surface area contributed by atoms with Crippen LogP contribution >= 0.6 is 0 Å². The zero-order valence-corrected chi connectivity index (χ0v) is 8.55. The minimum atomic E-state index is -0.891.